The molecule has 31 heavy (non-hydrogen) atoms. The molecule has 8 heteroatoms. The second-order valence-electron chi connectivity index (χ2n) is 9.47. The van der Waals surface area contributed by atoms with Crippen molar-refractivity contribution in [2.45, 2.75) is 57.9 Å². The number of piperidine rings is 2. The van der Waals surface area contributed by atoms with Gasteiger partial charge in [0.05, 0.1) is 6.61 Å². The lowest BCUT2D eigenvalue weighted by atomic mass is 9.60. The fourth-order valence-electron chi connectivity index (χ4n) is 5.96. The number of carbonyl (C=O) groups is 1. The number of alkyl halides is 2. The summed E-state index contributed by atoms with van der Waals surface area (Å²) in [5, 5.41) is 9.77. The standard InChI is InChI=1S/C23H28F2N4O2/c1-3-31-19(30)9-17-14-8-15(17)12-28(11-14)21-16-4-6-23(24,25)20(16)18(10-26)22(27-21)29-7-5-13(29)2/h13-15,17H,3-9,11-12H2,1-2H3/t13-,14-,15+,17?/m0/s1. The van der Waals surface area contributed by atoms with Crippen LogP contribution in [0.4, 0.5) is 20.4 Å². The van der Waals surface area contributed by atoms with E-state index in [1.807, 2.05) is 18.7 Å². The lowest BCUT2D eigenvalue weighted by molar-refractivity contribution is -0.147. The molecule has 6 rings (SSSR count). The highest BCUT2D eigenvalue weighted by Gasteiger charge is 2.50. The number of ether oxygens (including phenoxy) is 1. The Balaban J connectivity index is 1.47. The highest BCUT2D eigenvalue weighted by Crippen LogP contribution is 2.52. The van der Waals surface area contributed by atoms with Crippen LogP contribution in [0, 0.1) is 29.1 Å². The number of nitriles is 1. The summed E-state index contributed by atoms with van der Waals surface area (Å²) in [6.07, 6.45) is 2.44. The van der Waals surface area contributed by atoms with E-state index < -0.39 is 5.92 Å². The van der Waals surface area contributed by atoms with Crippen LogP contribution in [0.15, 0.2) is 0 Å². The molecule has 1 aromatic heterocycles. The van der Waals surface area contributed by atoms with E-state index >= 15 is 0 Å². The molecule has 0 N–H and O–H groups in total. The highest BCUT2D eigenvalue weighted by atomic mass is 19.3. The number of hydrogen-bond acceptors (Lipinski definition) is 6. The predicted octanol–water partition coefficient (Wildman–Crippen LogP) is 3.62. The maximum Gasteiger partial charge on any atom is 0.306 e. The fourth-order valence-corrected chi connectivity index (χ4v) is 5.96. The van der Waals surface area contributed by atoms with E-state index in [2.05, 4.69) is 11.0 Å². The molecule has 0 aromatic carbocycles. The first-order chi connectivity index (χ1) is 14.8. The zero-order valence-corrected chi connectivity index (χ0v) is 18.0. The van der Waals surface area contributed by atoms with E-state index in [1.165, 1.54) is 0 Å². The Bertz CT molecular complexity index is 948. The van der Waals surface area contributed by atoms with Crippen LogP contribution >= 0.6 is 0 Å². The second-order valence-corrected chi connectivity index (χ2v) is 9.47. The summed E-state index contributed by atoms with van der Waals surface area (Å²) in [4.78, 5) is 20.9. The molecule has 0 amide bonds. The first-order valence-electron chi connectivity index (χ1n) is 11.4. The topological polar surface area (TPSA) is 69.5 Å². The molecule has 0 spiro atoms. The van der Waals surface area contributed by atoms with Gasteiger partial charge in [-0.25, -0.2) is 13.8 Å². The van der Waals surface area contributed by atoms with Crippen molar-refractivity contribution >= 4 is 17.6 Å². The number of anilines is 2. The van der Waals surface area contributed by atoms with Gasteiger partial charge in [0.2, 0.25) is 0 Å². The third-order valence-corrected chi connectivity index (χ3v) is 7.75. The summed E-state index contributed by atoms with van der Waals surface area (Å²) >= 11 is 0. The van der Waals surface area contributed by atoms with Crippen molar-refractivity contribution in [3.05, 3.63) is 16.7 Å². The molecule has 2 bridgehead atoms. The Morgan fingerprint density at radius 3 is 2.65 bits per heavy atom. The number of fused-ring (bicyclic) bond motifs is 3. The summed E-state index contributed by atoms with van der Waals surface area (Å²) in [6.45, 7) is 6.40. The minimum Gasteiger partial charge on any atom is -0.466 e. The molecular formula is C23H28F2N4O2. The molecule has 1 saturated carbocycles. The SMILES string of the molecule is CCOC(=O)CC1[C@@H]2C[C@H]1CN(c1nc(N3CC[C@@H]3C)c(C#N)c3c1CCC3(F)F)C2. The third kappa shape index (κ3) is 3.16. The van der Waals surface area contributed by atoms with Crippen LogP contribution in [0.1, 0.15) is 56.2 Å². The Labute approximate surface area is 181 Å². The van der Waals surface area contributed by atoms with Gasteiger partial charge in [0, 0.05) is 49.6 Å². The fraction of sp³-hybridized carbons (Fsp3) is 0.696. The summed E-state index contributed by atoms with van der Waals surface area (Å²) in [6, 6.07) is 2.25. The Kier molecular flexibility index (Phi) is 4.83. The quantitative estimate of drug-likeness (QED) is 0.665. The molecule has 5 aliphatic rings. The van der Waals surface area contributed by atoms with E-state index in [-0.39, 0.29) is 36.0 Å². The van der Waals surface area contributed by atoms with E-state index in [1.54, 1.807) is 0 Å². The Morgan fingerprint density at radius 2 is 2.06 bits per heavy atom. The Hall–Kier alpha value is -2.43. The summed E-state index contributed by atoms with van der Waals surface area (Å²) < 4.78 is 34.9. The van der Waals surface area contributed by atoms with Crippen LogP contribution in [0.2, 0.25) is 0 Å². The van der Waals surface area contributed by atoms with Crippen LogP contribution in [-0.4, -0.2) is 43.2 Å². The van der Waals surface area contributed by atoms with Gasteiger partial charge in [-0.2, -0.15) is 5.26 Å². The predicted molar refractivity (Wildman–Crippen MR) is 111 cm³/mol. The van der Waals surface area contributed by atoms with Gasteiger partial charge in [-0.05, 0) is 50.9 Å². The van der Waals surface area contributed by atoms with Crippen molar-refractivity contribution in [2.24, 2.45) is 17.8 Å². The van der Waals surface area contributed by atoms with Crippen molar-refractivity contribution in [2.75, 3.05) is 36.0 Å². The van der Waals surface area contributed by atoms with E-state index in [0.717, 1.165) is 19.4 Å². The van der Waals surface area contributed by atoms with E-state index in [4.69, 9.17) is 9.72 Å². The molecule has 4 fully saturated rings. The van der Waals surface area contributed by atoms with Crippen molar-refractivity contribution in [3.8, 4) is 6.07 Å². The van der Waals surface area contributed by atoms with Crippen LogP contribution < -0.4 is 9.80 Å². The summed E-state index contributed by atoms with van der Waals surface area (Å²) in [7, 11) is 0. The molecule has 4 atom stereocenters. The van der Waals surface area contributed by atoms with Gasteiger partial charge in [-0.3, -0.25) is 4.79 Å². The smallest absolute Gasteiger partial charge is 0.306 e. The van der Waals surface area contributed by atoms with Gasteiger partial charge in [0.1, 0.15) is 23.3 Å². The molecule has 2 aliphatic carbocycles. The zero-order chi connectivity index (χ0) is 21.9. The van der Waals surface area contributed by atoms with Crippen LogP contribution in [-0.2, 0) is 21.9 Å². The molecule has 3 saturated heterocycles. The number of nitrogens with zero attached hydrogens (tertiary/aromatic N) is 4. The molecule has 1 aromatic rings. The normalized spacial score (nSPS) is 30.2. The van der Waals surface area contributed by atoms with Gasteiger partial charge in [-0.15, -0.1) is 0 Å². The minimum atomic E-state index is -2.99. The van der Waals surface area contributed by atoms with Gasteiger partial charge < -0.3 is 14.5 Å². The van der Waals surface area contributed by atoms with Gasteiger partial charge >= 0.3 is 5.97 Å². The zero-order valence-electron chi connectivity index (χ0n) is 18.0. The number of esters is 1. The van der Waals surface area contributed by atoms with Crippen molar-refractivity contribution in [1.82, 2.24) is 4.98 Å². The van der Waals surface area contributed by atoms with Crippen molar-refractivity contribution < 1.29 is 18.3 Å². The maximum atomic E-state index is 14.9. The first kappa shape index (κ1) is 20.5. The number of rotatable bonds is 5. The van der Waals surface area contributed by atoms with Crippen molar-refractivity contribution in [1.29, 1.82) is 5.26 Å². The third-order valence-electron chi connectivity index (χ3n) is 7.75. The number of halogens is 2. The summed E-state index contributed by atoms with van der Waals surface area (Å²) in [5.41, 5.74) is 0.494. The number of pyridine rings is 1. The lowest BCUT2D eigenvalue weighted by Crippen LogP contribution is -2.56. The van der Waals surface area contributed by atoms with Gasteiger partial charge in [0.25, 0.3) is 5.92 Å². The average molecular weight is 430 g/mol. The second kappa shape index (κ2) is 7.32. The number of aromatic nitrogens is 1. The minimum absolute atomic E-state index is 0.0511. The van der Waals surface area contributed by atoms with Crippen molar-refractivity contribution in [3.63, 3.8) is 0 Å². The van der Waals surface area contributed by atoms with Gasteiger partial charge in [-0.1, -0.05) is 0 Å². The monoisotopic (exact) mass is 430 g/mol. The molecule has 0 radical (unpaired) electrons. The maximum absolute atomic E-state index is 14.9. The molecular weight excluding hydrogens is 402 g/mol. The lowest BCUT2D eigenvalue weighted by Gasteiger charge is -2.54. The van der Waals surface area contributed by atoms with Crippen LogP contribution in [0.5, 0.6) is 0 Å². The average Bonchev–Trinajstić information content (AvgIpc) is 3.06. The molecule has 1 unspecified atom stereocenters. The molecule has 4 heterocycles. The molecule has 166 valence electrons. The largest absolute Gasteiger partial charge is 0.466 e. The molecule has 3 aliphatic heterocycles. The molecule has 6 nitrogen and oxygen atoms in total. The first-order valence-corrected chi connectivity index (χ1v) is 11.4. The number of carbonyl (C=O) groups excluding carboxylic acids is 1. The highest BCUT2D eigenvalue weighted by molar-refractivity contribution is 5.71. The Morgan fingerprint density at radius 1 is 1.32 bits per heavy atom. The summed E-state index contributed by atoms with van der Waals surface area (Å²) in [5.74, 6) is -1.09. The van der Waals surface area contributed by atoms with Crippen LogP contribution in [0.25, 0.3) is 0 Å². The van der Waals surface area contributed by atoms with E-state index in [0.29, 0.717) is 61.1 Å². The van der Waals surface area contributed by atoms with Crippen LogP contribution in [0.3, 0.4) is 0 Å². The van der Waals surface area contributed by atoms with Gasteiger partial charge in [0.15, 0.2) is 0 Å². The van der Waals surface area contributed by atoms with E-state index in [9.17, 15) is 18.8 Å². The number of hydrogen-bond donors (Lipinski definition) is 0.